The summed E-state index contributed by atoms with van der Waals surface area (Å²) in [7, 11) is 1.95. The fraction of sp³-hybridized carbons (Fsp3) is 0.700. The fourth-order valence-corrected chi connectivity index (χ4v) is 2.03. The van der Waals surface area contributed by atoms with Crippen LogP contribution in [0, 0.1) is 0 Å². The Morgan fingerprint density at radius 3 is 2.46 bits per heavy atom. The van der Waals surface area contributed by atoms with Crippen molar-refractivity contribution in [3.05, 3.63) is 18.0 Å². The molecule has 1 heterocycles. The van der Waals surface area contributed by atoms with E-state index in [0.29, 0.717) is 0 Å². The molecule has 0 saturated heterocycles. The Bertz CT molecular complexity index is 315. The van der Waals surface area contributed by atoms with Crippen molar-refractivity contribution >= 4 is 0 Å². The lowest BCUT2D eigenvalue weighted by atomic mass is 9.82. The maximum Gasteiger partial charge on any atom is 0.0704 e. The van der Waals surface area contributed by atoms with E-state index >= 15 is 0 Å². The number of nitrogens with zero attached hydrogens (tertiary/aromatic N) is 2. The van der Waals surface area contributed by atoms with Crippen LogP contribution in [0.2, 0.25) is 0 Å². The first kappa shape index (κ1) is 8.75. The summed E-state index contributed by atoms with van der Waals surface area (Å²) in [4.78, 5) is 0. The average molecular weight is 179 g/mol. The molecular weight excluding hydrogens is 162 g/mol. The van der Waals surface area contributed by atoms with Crippen LogP contribution in [0.25, 0.3) is 0 Å². The van der Waals surface area contributed by atoms with Gasteiger partial charge in [-0.15, -0.1) is 0 Å². The Kier molecular flexibility index (Phi) is 1.58. The third-order valence-corrected chi connectivity index (χ3v) is 3.19. The molecule has 0 unspecified atom stereocenters. The zero-order chi connectivity index (χ0) is 9.69. The zero-order valence-corrected chi connectivity index (χ0v) is 8.54. The molecule has 0 atom stereocenters. The molecule has 0 bridgehead atoms. The largest absolute Gasteiger partial charge is 0.325 e. The van der Waals surface area contributed by atoms with Crippen molar-refractivity contribution in [3.63, 3.8) is 0 Å². The number of aryl methyl sites for hydroxylation is 1. The molecule has 13 heavy (non-hydrogen) atoms. The van der Waals surface area contributed by atoms with E-state index in [0.717, 1.165) is 5.69 Å². The van der Waals surface area contributed by atoms with E-state index in [1.165, 1.54) is 12.8 Å². The molecule has 2 rings (SSSR count). The molecule has 1 aliphatic carbocycles. The maximum absolute atomic E-state index is 6.17. The summed E-state index contributed by atoms with van der Waals surface area (Å²) >= 11 is 0. The molecule has 1 aromatic heterocycles. The van der Waals surface area contributed by atoms with Crippen LogP contribution in [-0.2, 0) is 12.5 Å². The highest BCUT2D eigenvalue weighted by molar-refractivity contribution is 5.30. The van der Waals surface area contributed by atoms with Crippen molar-refractivity contribution in [2.45, 2.75) is 37.6 Å². The Hall–Kier alpha value is -0.830. The fourth-order valence-electron chi connectivity index (χ4n) is 2.03. The minimum Gasteiger partial charge on any atom is -0.325 e. The summed E-state index contributed by atoms with van der Waals surface area (Å²) in [5.41, 5.74) is 7.32. The van der Waals surface area contributed by atoms with Crippen molar-refractivity contribution in [2.75, 3.05) is 0 Å². The van der Waals surface area contributed by atoms with Crippen LogP contribution in [0.1, 0.15) is 32.4 Å². The molecule has 1 fully saturated rings. The molecule has 1 aromatic rings. The lowest BCUT2D eigenvalue weighted by Gasteiger charge is -2.29. The van der Waals surface area contributed by atoms with Gasteiger partial charge in [0.25, 0.3) is 0 Å². The van der Waals surface area contributed by atoms with Gasteiger partial charge in [0, 0.05) is 24.2 Å². The number of aromatic nitrogens is 2. The topological polar surface area (TPSA) is 43.8 Å². The third kappa shape index (κ3) is 1.18. The van der Waals surface area contributed by atoms with Crippen LogP contribution in [0.4, 0.5) is 0 Å². The van der Waals surface area contributed by atoms with E-state index in [2.05, 4.69) is 25.0 Å². The van der Waals surface area contributed by atoms with Crippen molar-refractivity contribution in [1.82, 2.24) is 9.78 Å². The predicted octanol–water partition coefficient (Wildman–Crippen LogP) is 1.19. The molecule has 72 valence electrons. The van der Waals surface area contributed by atoms with E-state index in [4.69, 9.17) is 5.73 Å². The van der Waals surface area contributed by atoms with Crippen LogP contribution >= 0.6 is 0 Å². The molecule has 2 N–H and O–H groups in total. The highest BCUT2D eigenvalue weighted by atomic mass is 15.3. The zero-order valence-electron chi connectivity index (χ0n) is 8.54. The molecular formula is C10H17N3. The summed E-state index contributed by atoms with van der Waals surface area (Å²) < 4.78 is 1.85. The lowest BCUT2D eigenvalue weighted by Crippen LogP contribution is -2.45. The third-order valence-electron chi connectivity index (χ3n) is 3.19. The van der Waals surface area contributed by atoms with E-state index in [1.807, 2.05) is 17.9 Å². The van der Waals surface area contributed by atoms with E-state index in [9.17, 15) is 0 Å². The molecule has 1 aliphatic rings. The Labute approximate surface area is 78.9 Å². The Balaban J connectivity index is 2.36. The summed E-state index contributed by atoms with van der Waals surface area (Å²) in [5.74, 6) is 0. The second kappa shape index (κ2) is 2.35. The molecule has 1 saturated carbocycles. The van der Waals surface area contributed by atoms with Gasteiger partial charge in [-0.1, -0.05) is 0 Å². The molecule has 3 nitrogen and oxygen atoms in total. The van der Waals surface area contributed by atoms with Crippen LogP contribution in [0.15, 0.2) is 12.3 Å². The quantitative estimate of drug-likeness (QED) is 0.741. The first-order valence-corrected chi connectivity index (χ1v) is 4.75. The molecule has 0 radical (unpaired) electrons. The second-order valence-corrected chi connectivity index (χ2v) is 4.68. The Morgan fingerprint density at radius 1 is 1.54 bits per heavy atom. The average Bonchev–Trinajstić information content (AvgIpc) is 2.70. The van der Waals surface area contributed by atoms with Gasteiger partial charge in [-0.3, -0.25) is 4.68 Å². The van der Waals surface area contributed by atoms with Crippen LogP contribution < -0.4 is 5.73 Å². The first-order chi connectivity index (χ1) is 5.96. The van der Waals surface area contributed by atoms with Crippen molar-refractivity contribution in [2.24, 2.45) is 12.8 Å². The molecule has 3 heteroatoms. The van der Waals surface area contributed by atoms with Gasteiger partial charge in [0.2, 0.25) is 0 Å². The number of nitrogens with two attached hydrogens (primary N) is 1. The van der Waals surface area contributed by atoms with E-state index < -0.39 is 0 Å². The standard InChI is InChI=1S/C10H17N3/c1-9(2,11)10(5-6-10)8-4-7-13(3)12-8/h4,7H,5-6,11H2,1-3H3. The highest BCUT2D eigenvalue weighted by Gasteiger charge is 2.55. The van der Waals surface area contributed by atoms with Crippen LogP contribution in [-0.4, -0.2) is 15.3 Å². The predicted molar refractivity (Wildman–Crippen MR) is 52.4 cm³/mol. The van der Waals surface area contributed by atoms with Gasteiger partial charge >= 0.3 is 0 Å². The summed E-state index contributed by atoms with van der Waals surface area (Å²) in [5, 5.41) is 4.45. The molecule has 0 aliphatic heterocycles. The van der Waals surface area contributed by atoms with Gasteiger partial charge in [0.15, 0.2) is 0 Å². The van der Waals surface area contributed by atoms with Gasteiger partial charge in [0.05, 0.1) is 5.69 Å². The molecule has 0 amide bonds. The summed E-state index contributed by atoms with van der Waals surface area (Å²) in [6, 6.07) is 2.08. The van der Waals surface area contributed by atoms with Gasteiger partial charge in [0.1, 0.15) is 0 Å². The van der Waals surface area contributed by atoms with Crippen LogP contribution in [0.5, 0.6) is 0 Å². The summed E-state index contributed by atoms with van der Waals surface area (Å²) in [6.07, 6.45) is 4.34. The molecule has 0 aromatic carbocycles. The normalized spacial score (nSPS) is 20.3. The van der Waals surface area contributed by atoms with E-state index in [-0.39, 0.29) is 11.0 Å². The Morgan fingerprint density at radius 2 is 2.15 bits per heavy atom. The first-order valence-electron chi connectivity index (χ1n) is 4.75. The minimum absolute atomic E-state index is 0.147. The SMILES string of the molecule is Cn1ccc(C2(C(C)(C)N)CC2)n1. The monoisotopic (exact) mass is 179 g/mol. The maximum atomic E-state index is 6.17. The van der Waals surface area contributed by atoms with Gasteiger partial charge < -0.3 is 5.73 Å². The van der Waals surface area contributed by atoms with Crippen molar-refractivity contribution in [1.29, 1.82) is 0 Å². The van der Waals surface area contributed by atoms with Gasteiger partial charge in [-0.25, -0.2) is 0 Å². The summed E-state index contributed by atoms with van der Waals surface area (Å²) in [6.45, 7) is 4.18. The second-order valence-electron chi connectivity index (χ2n) is 4.68. The van der Waals surface area contributed by atoms with Gasteiger partial charge in [-0.2, -0.15) is 5.10 Å². The van der Waals surface area contributed by atoms with Crippen molar-refractivity contribution < 1.29 is 0 Å². The highest BCUT2D eigenvalue weighted by Crippen LogP contribution is 2.53. The van der Waals surface area contributed by atoms with Crippen LogP contribution in [0.3, 0.4) is 0 Å². The molecule has 0 spiro atoms. The number of rotatable bonds is 2. The smallest absolute Gasteiger partial charge is 0.0704 e. The number of hydrogen-bond donors (Lipinski definition) is 1. The van der Waals surface area contributed by atoms with Gasteiger partial charge in [-0.05, 0) is 32.8 Å². The minimum atomic E-state index is -0.151. The van der Waals surface area contributed by atoms with E-state index in [1.54, 1.807) is 0 Å². The number of hydrogen-bond acceptors (Lipinski definition) is 2. The lowest BCUT2D eigenvalue weighted by molar-refractivity contribution is 0.381. The van der Waals surface area contributed by atoms with Crippen molar-refractivity contribution in [3.8, 4) is 0 Å².